The van der Waals surface area contributed by atoms with Gasteiger partial charge >= 0.3 is 0 Å². The third-order valence-corrected chi connectivity index (χ3v) is 3.59. The summed E-state index contributed by atoms with van der Waals surface area (Å²) in [7, 11) is 8.39. The van der Waals surface area contributed by atoms with Gasteiger partial charge < -0.3 is 0 Å². The molecule has 1 heterocycles. The molecule has 2 nitrogen and oxygen atoms in total. The molecule has 1 aromatic rings. The Morgan fingerprint density at radius 1 is 1.44 bits per heavy atom. The lowest BCUT2D eigenvalue weighted by atomic mass is 9.65. The van der Waals surface area contributed by atoms with Crippen LogP contribution in [0.4, 0.5) is 0 Å². The lowest BCUT2D eigenvalue weighted by Gasteiger charge is -2.23. The van der Waals surface area contributed by atoms with Crippen LogP contribution in [0.1, 0.15) is 56.5 Å². The number of rotatable bonds is 1. The molecule has 0 aliphatic heterocycles. The fraction of sp³-hybridized carbons (Fsp3) is 0.769. The molecule has 0 saturated heterocycles. The van der Waals surface area contributed by atoms with Crippen molar-refractivity contribution in [3.63, 3.8) is 0 Å². The van der Waals surface area contributed by atoms with Crippen LogP contribution in [0.15, 0.2) is 0 Å². The second-order valence-electron chi connectivity index (χ2n) is 5.77. The Balaban J connectivity index is 2.47. The van der Waals surface area contributed by atoms with Gasteiger partial charge in [-0.3, -0.25) is 4.68 Å². The molecule has 0 bridgehead atoms. The van der Waals surface area contributed by atoms with Gasteiger partial charge in [-0.2, -0.15) is 5.10 Å². The first-order valence-corrected chi connectivity index (χ1v) is 6.24. The van der Waals surface area contributed by atoms with E-state index >= 15 is 0 Å². The molecular formula is C13H21BN2. The number of nitrogens with zero attached hydrogens (tertiary/aromatic N) is 2. The molecule has 1 atom stereocenters. The third-order valence-electron chi connectivity index (χ3n) is 3.59. The molecule has 1 aromatic heterocycles. The zero-order valence-electron chi connectivity index (χ0n) is 10.9. The Morgan fingerprint density at radius 3 is 2.75 bits per heavy atom. The van der Waals surface area contributed by atoms with Gasteiger partial charge in [-0.25, -0.2) is 0 Å². The molecule has 1 aliphatic carbocycles. The summed E-state index contributed by atoms with van der Waals surface area (Å²) in [4.78, 5) is 0. The molecule has 0 aromatic carbocycles. The minimum atomic E-state index is -0.0576. The van der Waals surface area contributed by atoms with Gasteiger partial charge in [0.1, 0.15) is 0 Å². The van der Waals surface area contributed by atoms with Gasteiger partial charge in [-0.05, 0) is 30.7 Å². The Hall–Kier alpha value is -0.725. The molecule has 86 valence electrons. The minimum absolute atomic E-state index is 0.0576. The number of hydrogen-bond acceptors (Lipinski definition) is 1. The maximum Gasteiger partial charge on any atom is 0.0747 e. The van der Waals surface area contributed by atoms with Crippen LogP contribution in [0, 0.1) is 0 Å². The van der Waals surface area contributed by atoms with Crippen molar-refractivity contribution in [2.75, 3.05) is 0 Å². The van der Waals surface area contributed by atoms with Crippen molar-refractivity contribution in [2.45, 2.75) is 57.7 Å². The van der Waals surface area contributed by atoms with E-state index in [4.69, 9.17) is 7.85 Å². The van der Waals surface area contributed by atoms with Crippen LogP contribution in [-0.4, -0.2) is 17.6 Å². The van der Waals surface area contributed by atoms with Gasteiger partial charge in [-0.15, -0.1) is 0 Å². The van der Waals surface area contributed by atoms with Crippen molar-refractivity contribution in [1.29, 1.82) is 0 Å². The van der Waals surface area contributed by atoms with Crippen LogP contribution in [0.25, 0.3) is 0 Å². The highest BCUT2D eigenvalue weighted by Crippen LogP contribution is 2.39. The van der Waals surface area contributed by atoms with E-state index in [1.165, 1.54) is 23.4 Å². The van der Waals surface area contributed by atoms with E-state index in [1.807, 2.05) is 0 Å². The van der Waals surface area contributed by atoms with Gasteiger partial charge in [-0.1, -0.05) is 32.5 Å². The van der Waals surface area contributed by atoms with Crippen LogP contribution in [0.2, 0.25) is 5.31 Å². The quantitative estimate of drug-likeness (QED) is 0.521. The summed E-state index contributed by atoms with van der Waals surface area (Å²) in [6.07, 6.45) is 4.39. The number of aryl methyl sites for hydroxylation is 1. The second-order valence-corrected chi connectivity index (χ2v) is 5.77. The highest BCUT2D eigenvalue weighted by molar-refractivity contribution is 6.15. The zero-order valence-corrected chi connectivity index (χ0v) is 10.9. The predicted octanol–water partition coefficient (Wildman–Crippen LogP) is 2.77. The summed E-state index contributed by atoms with van der Waals surface area (Å²) in [5.41, 5.74) is 4.06. The van der Waals surface area contributed by atoms with Crippen LogP contribution >= 0.6 is 0 Å². The smallest absolute Gasteiger partial charge is 0.0747 e. The van der Waals surface area contributed by atoms with Crippen LogP contribution in [0.3, 0.4) is 0 Å². The lowest BCUT2D eigenvalue weighted by molar-refractivity contribution is 0.541. The first-order valence-electron chi connectivity index (χ1n) is 6.24. The van der Waals surface area contributed by atoms with E-state index in [1.54, 1.807) is 0 Å². The van der Waals surface area contributed by atoms with Gasteiger partial charge in [0.25, 0.3) is 0 Å². The second kappa shape index (κ2) is 3.94. The van der Waals surface area contributed by atoms with Crippen molar-refractivity contribution < 1.29 is 0 Å². The predicted molar refractivity (Wildman–Crippen MR) is 68.1 cm³/mol. The Kier molecular flexibility index (Phi) is 2.89. The average Bonchev–Trinajstić information content (AvgIpc) is 2.38. The monoisotopic (exact) mass is 216 g/mol. The lowest BCUT2D eigenvalue weighted by Crippen LogP contribution is -2.11. The first-order chi connectivity index (χ1) is 7.41. The maximum absolute atomic E-state index is 6.33. The molecule has 0 fully saturated rings. The van der Waals surface area contributed by atoms with Crippen LogP contribution in [-0.2, 0) is 19.9 Å². The van der Waals surface area contributed by atoms with Crippen molar-refractivity contribution in [3.8, 4) is 0 Å². The zero-order chi connectivity index (χ0) is 11.9. The standard InChI is InChI=1S/C13H21BN2/c1-9(2)12-10-8-13(3,14)7-5-6-11(10)16(4)15-12/h9H,5-8H2,1-4H3. The van der Waals surface area contributed by atoms with E-state index in [2.05, 4.69) is 37.6 Å². The van der Waals surface area contributed by atoms with Crippen molar-refractivity contribution in [1.82, 2.24) is 9.78 Å². The van der Waals surface area contributed by atoms with Gasteiger partial charge in [0.15, 0.2) is 0 Å². The summed E-state index contributed by atoms with van der Waals surface area (Å²) >= 11 is 0. The topological polar surface area (TPSA) is 17.8 Å². The molecule has 2 rings (SSSR count). The van der Waals surface area contributed by atoms with Crippen molar-refractivity contribution in [2.24, 2.45) is 7.05 Å². The summed E-state index contributed by atoms with van der Waals surface area (Å²) in [6.45, 7) is 6.59. The molecule has 1 aliphatic rings. The van der Waals surface area contributed by atoms with Crippen LogP contribution in [0.5, 0.6) is 0 Å². The Morgan fingerprint density at radius 2 is 2.12 bits per heavy atom. The summed E-state index contributed by atoms with van der Waals surface area (Å²) in [6, 6.07) is 0. The minimum Gasteiger partial charge on any atom is -0.272 e. The summed E-state index contributed by atoms with van der Waals surface area (Å²) in [5, 5.41) is 4.60. The fourth-order valence-electron chi connectivity index (χ4n) is 2.75. The SMILES string of the molecule is [B]C1(C)CCCc2c(c(C(C)C)nn2C)C1. The van der Waals surface area contributed by atoms with E-state index in [0.29, 0.717) is 5.92 Å². The van der Waals surface area contributed by atoms with Crippen LogP contribution < -0.4 is 0 Å². The number of hydrogen-bond donors (Lipinski definition) is 0. The molecule has 0 N–H and O–H groups in total. The molecule has 0 amide bonds. The van der Waals surface area contributed by atoms with Gasteiger partial charge in [0, 0.05) is 12.7 Å². The van der Waals surface area contributed by atoms with Crippen molar-refractivity contribution in [3.05, 3.63) is 17.0 Å². The van der Waals surface area contributed by atoms with Crippen molar-refractivity contribution >= 4 is 7.85 Å². The molecule has 16 heavy (non-hydrogen) atoms. The normalized spacial score (nSPS) is 25.6. The highest BCUT2D eigenvalue weighted by atomic mass is 15.3. The number of aromatic nitrogens is 2. The summed E-state index contributed by atoms with van der Waals surface area (Å²) in [5.74, 6) is 0.490. The maximum atomic E-state index is 6.33. The molecular weight excluding hydrogens is 195 g/mol. The van der Waals surface area contributed by atoms with E-state index in [0.717, 1.165) is 19.3 Å². The molecule has 2 radical (unpaired) electrons. The number of fused-ring (bicyclic) bond motifs is 1. The Labute approximate surface area is 99.8 Å². The molecule has 0 spiro atoms. The molecule has 3 heteroatoms. The van der Waals surface area contributed by atoms with E-state index in [-0.39, 0.29) is 5.31 Å². The Bertz CT molecular complexity index is 391. The van der Waals surface area contributed by atoms with E-state index in [9.17, 15) is 0 Å². The molecule has 0 saturated carbocycles. The third kappa shape index (κ3) is 2.04. The highest BCUT2D eigenvalue weighted by Gasteiger charge is 2.28. The summed E-state index contributed by atoms with van der Waals surface area (Å²) < 4.78 is 2.06. The van der Waals surface area contributed by atoms with Gasteiger partial charge in [0.05, 0.1) is 13.5 Å². The van der Waals surface area contributed by atoms with Gasteiger partial charge in [0.2, 0.25) is 0 Å². The largest absolute Gasteiger partial charge is 0.272 e. The van der Waals surface area contributed by atoms with E-state index < -0.39 is 0 Å². The first kappa shape index (κ1) is 11.8. The fourth-order valence-corrected chi connectivity index (χ4v) is 2.75. The average molecular weight is 216 g/mol. The molecule has 1 unspecified atom stereocenters.